The molecule has 2 aliphatic heterocycles. The van der Waals surface area contributed by atoms with Crippen LogP contribution in [0.4, 0.5) is 0 Å². The molecule has 0 spiro atoms. The summed E-state index contributed by atoms with van der Waals surface area (Å²) in [5, 5.41) is 4.72. The Kier molecular flexibility index (Phi) is 3.22. The van der Waals surface area contributed by atoms with Crippen LogP contribution in [0.15, 0.2) is 24.4 Å². The molecule has 2 N–H and O–H groups in total. The van der Waals surface area contributed by atoms with Crippen LogP contribution in [0.5, 0.6) is 0 Å². The van der Waals surface area contributed by atoms with Crippen molar-refractivity contribution in [2.75, 3.05) is 26.2 Å². The van der Waals surface area contributed by atoms with Crippen LogP contribution in [-0.2, 0) is 0 Å². The van der Waals surface area contributed by atoms with Crippen molar-refractivity contribution in [2.24, 2.45) is 11.7 Å². The van der Waals surface area contributed by atoms with Crippen molar-refractivity contribution in [1.82, 2.24) is 10.0 Å². The van der Waals surface area contributed by atoms with E-state index in [4.69, 9.17) is 5.73 Å². The van der Waals surface area contributed by atoms with Crippen LogP contribution in [0.2, 0.25) is 0 Å². The Balaban J connectivity index is 1.83. The van der Waals surface area contributed by atoms with Crippen LogP contribution >= 0.6 is 0 Å². The Labute approximate surface area is 85.8 Å². The van der Waals surface area contributed by atoms with Gasteiger partial charge >= 0.3 is 0 Å². The molecule has 0 atom stereocenters. The van der Waals surface area contributed by atoms with Crippen molar-refractivity contribution in [2.45, 2.75) is 12.8 Å². The second kappa shape index (κ2) is 4.62. The molecule has 0 radical (unpaired) electrons. The first kappa shape index (κ1) is 9.74. The number of rotatable bonds is 2. The molecule has 1 fully saturated rings. The van der Waals surface area contributed by atoms with E-state index >= 15 is 0 Å². The first-order valence-corrected chi connectivity index (χ1v) is 5.45. The van der Waals surface area contributed by atoms with Crippen LogP contribution < -0.4 is 5.73 Å². The average molecular weight is 193 g/mol. The molecule has 3 heteroatoms. The summed E-state index contributed by atoms with van der Waals surface area (Å²) in [6, 6.07) is 0. The summed E-state index contributed by atoms with van der Waals surface area (Å²) < 4.78 is 0. The number of nitrogens with zero attached hydrogens (tertiary/aromatic N) is 2. The van der Waals surface area contributed by atoms with Gasteiger partial charge in [-0.3, -0.25) is 0 Å². The average Bonchev–Trinajstić information content (AvgIpc) is 2.30. The molecule has 0 saturated carbocycles. The van der Waals surface area contributed by atoms with Gasteiger partial charge in [0.1, 0.15) is 0 Å². The number of hydrogen-bond acceptors (Lipinski definition) is 3. The molecule has 0 aromatic carbocycles. The van der Waals surface area contributed by atoms with Gasteiger partial charge in [0, 0.05) is 19.3 Å². The third-order valence-corrected chi connectivity index (χ3v) is 3.09. The summed E-state index contributed by atoms with van der Waals surface area (Å²) in [5.74, 6) is 0.746. The molecule has 0 bridgehead atoms. The van der Waals surface area contributed by atoms with E-state index in [0.717, 1.165) is 32.1 Å². The van der Waals surface area contributed by atoms with E-state index in [0.29, 0.717) is 0 Å². The molecule has 1 saturated heterocycles. The molecule has 0 aliphatic carbocycles. The molecule has 2 heterocycles. The van der Waals surface area contributed by atoms with Gasteiger partial charge in [-0.25, -0.2) is 5.01 Å². The fourth-order valence-corrected chi connectivity index (χ4v) is 2.08. The van der Waals surface area contributed by atoms with E-state index in [-0.39, 0.29) is 0 Å². The van der Waals surface area contributed by atoms with Crippen molar-refractivity contribution >= 4 is 0 Å². The lowest BCUT2D eigenvalue weighted by Crippen LogP contribution is -2.45. The Morgan fingerprint density at radius 3 is 2.57 bits per heavy atom. The summed E-state index contributed by atoms with van der Waals surface area (Å²) in [7, 11) is 0. The van der Waals surface area contributed by atoms with Crippen molar-refractivity contribution in [1.29, 1.82) is 0 Å². The maximum absolute atomic E-state index is 5.67. The fraction of sp³-hybridized carbons (Fsp3) is 0.636. The number of nitrogens with two attached hydrogens (primary N) is 1. The zero-order chi connectivity index (χ0) is 9.80. The van der Waals surface area contributed by atoms with E-state index in [1.54, 1.807) is 0 Å². The normalized spacial score (nSPS) is 24.5. The van der Waals surface area contributed by atoms with E-state index in [2.05, 4.69) is 34.4 Å². The zero-order valence-electron chi connectivity index (χ0n) is 8.60. The van der Waals surface area contributed by atoms with Gasteiger partial charge in [0.25, 0.3) is 0 Å². The monoisotopic (exact) mass is 193 g/mol. The third-order valence-electron chi connectivity index (χ3n) is 3.09. The van der Waals surface area contributed by atoms with Crippen molar-refractivity contribution in [3.63, 3.8) is 0 Å². The predicted molar refractivity (Wildman–Crippen MR) is 58.3 cm³/mol. The Bertz CT molecular complexity index is 227. The quantitative estimate of drug-likeness (QED) is 0.709. The minimum absolute atomic E-state index is 0.746. The van der Waals surface area contributed by atoms with Crippen LogP contribution in [0.3, 0.4) is 0 Å². The highest BCUT2D eigenvalue weighted by Gasteiger charge is 2.20. The van der Waals surface area contributed by atoms with Gasteiger partial charge in [0.05, 0.1) is 6.54 Å². The molecular weight excluding hydrogens is 174 g/mol. The molecule has 78 valence electrons. The summed E-state index contributed by atoms with van der Waals surface area (Å²) in [4.78, 5) is 0. The van der Waals surface area contributed by atoms with Crippen LogP contribution in [0.25, 0.3) is 0 Å². The number of piperidine rings is 1. The lowest BCUT2D eigenvalue weighted by atomic mass is 9.98. The molecule has 0 aromatic heterocycles. The minimum Gasteiger partial charge on any atom is -0.330 e. The minimum atomic E-state index is 0.746. The lowest BCUT2D eigenvalue weighted by molar-refractivity contribution is -0.0000581. The predicted octanol–water partition coefficient (Wildman–Crippen LogP) is 0.958. The molecule has 14 heavy (non-hydrogen) atoms. The highest BCUT2D eigenvalue weighted by molar-refractivity contribution is 5.07. The first-order chi connectivity index (χ1) is 6.90. The largest absolute Gasteiger partial charge is 0.330 e. The van der Waals surface area contributed by atoms with Gasteiger partial charge < -0.3 is 10.7 Å². The zero-order valence-corrected chi connectivity index (χ0v) is 8.60. The molecule has 0 amide bonds. The third kappa shape index (κ3) is 2.16. The summed E-state index contributed by atoms with van der Waals surface area (Å²) in [6.07, 6.45) is 11.0. The van der Waals surface area contributed by atoms with Crippen molar-refractivity contribution in [3.8, 4) is 0 Å². The second-order valence-electron chi connectivity index (χ2n) is 4.02. The topological polar surface area (TPSA) is 32.5 Å². The lowest BCUT2D eigenvalue weighted by Gasteiger charge is -2.39. The molecule has 0 unspecified atom stereocenters. The summed E-state index contributed by atoms with van der Waals surface area (Å²) in [5.41, 5.74) is 5.67. The Morgan fingerprint density at radius 2 is 2.00 bits per heavy atom. The molecule has 2 aliphatic rings. The van der Waals surface area contributed by atoms with E-state index < -0.39 is 0 Å². The highest BCUT2D eigenvalue weighted by atomic mass is 15.6. The highest BCUT2D eigenvalue weighted by Crippen LogP contribution is 2.18. The summed E-state index contributed by atoms with van der Waals surface area (Å²) in [6.45, 7) is 4.17. The Morgan fingerprint density at radius 1 is 1.21 bits per heavy atom. The van der Waals surface area contributed by atoms with E-state index in [9.17, 15) is 0 Å². The SMILES string of the molecule is NCC1CCN(N2C=CC=CC2)CC1. The van der Waals surface area contributed by atoms with E-state index in [1.165, 1.54) is 12.8 Å². The van der Waals surface area contributed by atoms with Crippen LogP contribution in [0, 0.1) is 5.92 Å². The van der Waals surface area contributed by atoms with Crippen LogP contribution in [-0.4, -0.2) is 36.2 Å². The summed E-state index contributed by atoms with van der Waals surface area (Å²) >= 11 is 0. The van der Waals surface area contributed by atoms with Gasteiger partial charge in [-0.15, -0.1) is 0 Å². The standard InChI is InChI=1S/C11H19N3/c12-10-11-4-8-14(9-5-11)13-6-2-1-3-7-13/h1-3,6,11H,4-5,7-10,12H2. The molecule has 3 nitrogen and oxygen atoms in total. The number of hydrazine groups is 1. The molecule has 2 rings (SSSR count). The van der Waals surface area contributed by atoms with Gasteiger partial charge in [0.15, 0.2) is 0 Å². The second-order valence-corrected chi connectivity index (χ2v) is 4.02. The van der Waals surface area contributed by atoms with Gasteiger partial charge in [0.2, 0.25) is 0 Å². The van der Waals surface area contributed by atoms with Gasteiger partial charge in [-0.2, -0.15) is 0 Å². The smallest absolute Gasteiger partial charge is 0.0524 e. The van der Waals surface area contributed by atoms with Crippen molar-refractivity contribution in [3.05, 3.63) is 24.4 Å². The fourth-order valence-electron chi connectivity index (χ4n) is 2.08. The molecule has 0 aromatic rings. The number of hydrogen-bond donors (Lipinski definition) is 1. The van der Waals surface area contributed by atoms with Gasteiger partial charge in [-0.05, 0) is 31.4 Å². The van der Waals surface area contributed by atoms with Gasteiger partial charge in [-0.1, -0.05) is 12.2 Å². The van der Waals surface area contributed by atoms with Crippen LogP contribution in [0.1, 0.15) is 12.8 Å². The number of allylic oxidation sites excluding steroid dienone is 2. The maximum Gasteiger partial charge on any atom is 0.0524 e. The maximum atomic E-state index is 5.67. The van der Waals surface area contributed by atoms with Crippen molar-refractivity contribution < 1.29 is 0 Å². The first-order valence-electron chi connectivity index (χ1n) is 5.45. The Hall–Kier alpha value is -0.800. The van der Waals surface area contributed by atoms with E-state index in [1.807, 2.05) is 0 Å². The molecular formula is C11H19N3.